The first-order chi connectivity index (χ1) is 9.88. The molecule has 0 saturated heterocycles. The Bertz CT molecular complexity index is 574. The van der Waals surface area contributed by atoms with Crippen molar-refractivity contribution in [1.29, 1.82) is 0 Å². The highest BCUT2D eigenvalue weighted by Crippen LogP contribution is 2.22. The Morgan fingerprint density at radius 2 is 2.15 bits per heavy atom. The summed E-state index contributed by atoms with van der Waals surface area (Å²) in [6.45, 7) is 4.04. The number of aromatic nitrogens is 3. The molecule has 4 heteroatoms. The highest BCUT2D eigenvalue weighted by Gasteiger charge is 2.16. The van der Waals surface area contributed by atoms with Gasteiger partial charge in [0, 0.05) is 12.2 Å². The summed E-state index contributed by atoms with van der Waals surface area (Å²) in [7, 11) is 0. The Kier molecular flexibility index (Phi) is 4.11. The molecule has 1 aliphatic carbocycles. The van der Waals surface area contributed by atoms with Gasteiger partial charge in [0.2, 0.25) is 0 Å². The van der Waals surface area contributed by atoms with Gasteiger partial charge in [-0.1, -0.05) is 13.0 Å². The van der Waals surface area contributed by atoms with Crippen LogP contribution < -0.4 is 5.32 Å². The van der Waals surface area contributed by atoms with Crippen LogP contribution in [0, 0.1) is 0 Å². The Labute approximate surface area is 120 Å². The van der Waals surface area contributed by atoms with E-state index in [-0.39, 0.29) is 0 Å². The van der Waals surface area contributed by atoms with Crippen LogP contribution in [-0.4, -0.2) is 21.1 Å². The first kappa shape index (κ1) is 13.3. The van der Waals surface area contributed by atoms with Crippen molar-refractivity contribution in [2.45, 2.75) is 45.6 Å². The maximum absolute atomic E-state index is 4.76. The number of hydrogen-bond acceptors (Lipinski definition) is 3. The van der Waals surface area contributed by atoms with E-state index in [1.54, 1.807) is 0 Å². The van der Waals surface area contributed by atoms with Gasteiger partial charge in [-0.3, -0.25) is 4.57 Å². The summed E-state index contributed by atoms with van der Waals surface area (Å²) in [5.74, 6) is 0.997. The van der Waals surface area contributed by atoms with Gasteiger partial charge < -0.3 is 5.32 Å². The minimum absolute atomic E-state index is 0.832. The maximum atomic E-state index is 4.76. The van der Waals surface area contributed by atoms with E-state index in [9.17, 15) is 0 Å². The molecular formula is C16H22N4. The van der Waals surface area contributed by atoms with E-state index in [1.165, 1.54) is 24.2 Å². The number of hydrogen-bond donors (Lipinski definition) is 1. The third-order valence-corrected chi connectivity index (χ3v) is 3.80. The molecule has 0 amide bonds. The first-order valence-electron chi connectivity index (χ1n) is 7.60. The van der Waals surface area contributed by atoms with Crippen molar-refractivity contribution in [3.63, 3.8) is 0 Å². The molecule has 20 heavy (non-hydrogen) atoms. The lowest BCUT2D eigenvalue weighted by molar-refractivity contribution is 0.649. The molecule has 0 spiro atoms. The normalized spacial score (nSPS) is 14.2. The van der Waals surface area contributed by atoms with Gasteiger partial charge in [-0.25, -0.2) is 9.97 Å². The summed E-state index contributed by atoms with van der Waals surface area (Å²) in [6, 6.07) is 6.23. The minimum Gasteiger partial charge on any atom is -0.311 e. The van der Waals surface area contributed by atoms with Crippen LogP contribution in [0.1, 0.15) is 43.3 Å². The predicted octanol–water partition coefficient (Wildman–Crippen LogP) is 2.65. The highest BCUT2D eigenvalue weighted by atomic mass is 15.1. The zero-order valence-corrected chi connectivity index (χ0v) is 12.1. The average molecular weight is 270 g/mol. The number of nitrogens with one attached hydrogen (secondary N) is 1. The van der Waals surface area contributed by atoms with Crippen molar-refractivity contribution < 1.29 is 0 Å². The van der Waals surface area contributed by atoms with Crippen LogP contribution in [0.3, 0.4) is 0 Å². The monoisotopic (exact) mass is 270 g/mol. The van der Waals surface area contributed by atoms with Gasteiger partial charge in [0.15, 0.2) is 0 Å². The molecule has 3 rings (SSSR count). The predicted molar refractivity (Wildman–Crippen MR) is 80.0 cm³/mol. The van der Waals surface area contributed by atoms with Crippen molar-refractivity contribution in [2.24, 2.45) is 0 Å². The van der Waals surface area contributed by atoms with E-state index in [2.05, 4.69) is 40.0 Å². The van der Waals surface area contributed by atoms with Crippen LogP contribution in [0.25, 0.3) is 5.82 Å². The van der Waals surface area contributed by atoms with Gasteiger partial charge in [0.25, 0.3) is 0 Å². The Morgan fingerprint density at radius 1 is 1.25 bits per heavy atom. The smallest absolute Gasteiger partial charge is 0.138 e. The summed E-state index contributed by atoms with van der Waals surface area (Å²) < 4.78 is 2.16. The summed E-state index contributed by atoms with van der Waals surface area (Å²) in [5, 5.41) is 3.40. The van der Waals surface area contributed by atoms with Crippen molar-refractivity contribution in [1.82, 2.24) is 19.9 Å². The Hall–Kier alpha value is -1.68. The lowest BCUT2D eigenvalue weighted by Crippen LogP contribution is -2.15. The largest absolute Gasteiger partial charge is 0.311 e. The summed E-state index contributed by atoms with van der Waals surface area (Å²) in [5.41, 5.74) is 3.70. The number of nitrogens with zero attached hydrogens (tertiary/aromatic N) is 3. The standard InChI is InChI=1S/C16H22N4/c1-2-10-17-11-13-6-5-9-16(19-13)20-12-18-14-7-3-4-8-15(14)20/h5-6,9,12,17H,2-4,7-8,10-11H2,1H3. The van der Waals surface area contributed by atoms with Gasteiger partial charge in [-0.05, 0) is 50.8 Å². The molecule has 0 fully saturated rings. The van der Waals surface area contributed by atoms with Gasteiger partial charge in [-0.15, -0.1) is 0 Å². The molecule has 0 unspecified atom stereocenters. The van der Waals surface area contributed by atoms with Crippen LogP contribution in [0.2, 0.25) is 0 Å². The fourth-order valence-corrected chi connectivity index (χ4v) is 2.76. The molecule has 2 heterocycles. The second-order valence-electron chi connectivity index (χ2n) is 5.38. The highest BCUT2D eigenvalue weighted by molar-refractivity contribution is 5.31. The van der Waals surface area contributed by atoms with Crippen LogP contribution in [-0.2, 0) is 19.4 Å². The first-order valence-corrected chi connectivity index (χ1v) is 7.60. The molecule has 106 valence electrons. The number of pyridine rings is 1. The zero-order valence-electron chi connectivity index (χ0n) is 12.1. The van der Waals surface area contributed by atoms with Gasteiger partial charge in [0.1, 0.15) is 12.1 Å². The fourth-order valence-electron chi connectivity index (χ4n) is 2.76. The number of imidazole rings is 1. The molecule has 2 aromatic rings. The second kappa shape index (κ2) is 6.18. The van der Waals surface area contributed by atoms with E-state index < -0.39 is 0 Å². The molecule has 0 aliphatic heterocycles. The minimum atomic E-state index is 0.832. The molecule has 0 atom stereocenters. The Morgan fingerprint density at radius 3 is 3.05 bits per heavy atom. The van der Waals surface area contributed by atoms with Crippen molar-refractivity contribution in [3.8, 4) is 5.82 Å². The number of rotatable bonds is 5. The van der Waals surface area contributed by atoms with E-state index in [1.807, 2.05) is 6.33 Å². The quantitative estimate of drug-likeness (QED) is 0.849. The summed E-state index contributed by atoms with van der Waals surface area (Å²) in [6.07, 6.45) is 7.83. The Balaban J connectivity index is 1.83. The molecule has 0 bridgehead atoms. The molecule has 0 radical (unpaired) electrons. The van der Waals surface area contributed by atoms with Gasteiger partial charge in [-0.2, -0.15) is 0 Å². The van der Waals surface area contributed by atoms with E-state index in [4.69, 9.17) is 4.98 Å². The molecule has 1 N–H and O–H groups in total. The topological polar surface area (TPSA) is 42.7 Å². The molecule has 4 nitrogen and oxygen atoms in total. The molecule has 2 aromatic heterocycles. The van der Waals surface area contributed by atoms with Crippen molar-refractivity contribution >= 4 is 0 Å². The number of fused-ring (bicyclic) bond motifs is 1. The van der Waals surface area contributed by atoms with E-state index in [0.29, 0.717) is 0 Å². The maximum Gasteiger partial charge on any atom is 0.138 e. The van der Waals surface area contributed by atoms with Crippen LogP contribution in [0.15, 0.2) is 24.5 Å². The van der Waals surface area contributed by atoms with Crippen LogP contribution in [0.4, 0.5) is 0 Å². The molecule has 0 aromatic carbocycles. The molecule has 0 saturated carbocycles. The molecular weight excluding hydrogens is 248 g/mol. The summed E-state index contributed by atoms with van der Waals surface area (Å²) in [4.78, 5) is 9.30. The third kappa shape index (κ3) is 2.75. The fraction of sp³-hybridized carbons (Fsp3) is 0.500. The van der Waals surface area contributed by atoms with Crippen molar-refractivity contribution in [2.75, 3.05) is 6.54 Å². The summed E-state index contributed by atoms with van der Waals surface area (Å²) >= 11 is 0. The van der Waals surface area contributed by atoms with Gasteiger partial charge >= 0.3 is 0 Å². The second-order valence-corrected chi connectivity index (χ2v) is 5.38. The molecule has 1 aliphatic rings. The van der Waals surface area contributed by atoms with Crippen LogP contribution in [0.5, 0.6) is 0 Å². The van der Waals surface area contributed by atoms with Crippen LogP contribution >= 0.6 is 0 Å². The lowest BCUT2D eigenvalue weighted by Gasteiger charge is -2.14. The SMILES string of the molecule is CCCNCc1cccc(-n2cnc3c2CCCC3)n1. The lowest BCUT2D eigenvalue weighted by atomic mass is 10.0. The van der Waals surface area contributed by atoms with Crippen molar-refractivity contribution in [3.05, 3.63) is 41.6 Å². The van der Waals surface area contributed by atoms with E-state index in [0.717, 1.165) is 43.9 Å². The zero-order chi connectivity index (χ0) is 13.8. The number of aryl methyl sites for hydroxylation is 1. The average Bonchev–Trinajstić information content (AvgIpc) is 2.92. The van der Waals surface area contributed by atoms with Gasteiger partial charge in [0.05, 0.1) is 11.4 Å². The third-order valence-electron chi connectivity index (χ3n) is 3.80. The van der Waals surface area contributed by atoms with E-state index >= 15 is 0 Å².